The van der Waals surface area contributed by atoms with E-state index >= 15 is 0 Å². The molecule has 0 bridgehead atoms. The molecule has 0 radical (unpaired) electrons. The van der Waals surface area contributed by atoms with Crippen LogP contribution in [0.4, 0.5) is 8.78 Å². The molecule has 1 N–H and O–H groups in total. The predicted molar refractivity (Wildman–Crippen MR) is 106 cm³/mol. The number of ether oxygens (including phenoxy) is 1. The molecule has 9 heteroatoms. The van der Waals surface area contributed by atoms with Gasteiger partial charge < -0.3 is 19.2 Å². The van der Waals surface area contributed by atoms with Gasteiger partial charge in [0.15, 0.2) is 4.77 Å². The average molecular weight is 440 g/mol. The molecule has 1 saturated heterocycles. The number of imidazole rings is 1. The Labute approximate surface area is 176 Å². The second-order valence-electron chi connectivity index (χ2n) is 8.21. The highest BCUT2D eigenvalue weighted by atomic mass is 35.5. The maximum absolute atomic E-state index is 14.7. The van der Waals surface area contributed by atoms with Gasteiger partial charge in [-0.3, -0.25) is 4.79 Å². The molecule has 3 heterocycles. The highest BCUT2D eigenvalue weighted by Crippen LogP contribution is 2.67. The number of hydrogen-bond donors (Lipinski definition) is 1. The van der Waals surface area contributed by atoms with Gasteiger partial charge in [0.25, 0.3) is 0 Å². The van der Waals surface area contributed by atoms with E-state index in [1.807, 2.05) is 4.57 Å². The Morgan fingerprint density at radius 2 is 2.28 bits per heavy atom. The SMILES string of the molecule is CN(C(=O)Cc1[nH]c(=S)n2c1[C@@H]1C[C@]1(c1c(F)ccc(Cl)c1F)C2)C1CCOC1. The van der Waals surface area contributed by atoms with Gasteiger partial charge in [-0.2, -0.15) is 0 Å². The summed E-state index contributed by atoms with van der Waals surface area (Å²) in [6.07, 6.45) is 1.61. The van der Waals surface area contributed by atoms with Crippen molar-refractivity contribution in [2.24, 2.45) is 0 Å². The van der Waals surface area contributed by atoms with Crippen molar-refractivity contribution in [2.45, 2.75) is 43.2 Å². The number of H-pyrrole nitrogens is 1. The zero-order valence-corrected chi connectivity index (χ0v) is 17.4. The monoisotopic (exact) mass is 439 g/mol. The van der Waals surface area contributed by atoms with Gasteiger partial charge in [0.2, 0.25) is 5.91 Å². The summed E-state index contributed by atoms with van der Waals surface area (Å²) in [7, 11) is 1.78. The molecule has 5 nitrogen and oxygen atoms in total. The minimum absolute atomic E-state index is 0.0292. The van der Waals surface area contributed by atoms with E-state index in [-0.39, 0.29) is 34.9 Å². The van der Waals surface area contributed by atoms with Crippen molar-refractivity contribution in [3.63, 3.8) is 0 Å². The summed E-state index contributed by atoms with van der Waals surface area (Å²) in [5.74, 6) is -1.40. The van der Waals surface area contributed by atoms with Crippen LogP contribution in [0, 0.1) is 16.4 Å². The number of fused-ring (bicyclic) bond motifs is 3. The number of benzene rings is 1. The molecule has 2 aliphatic heterocycles. The van der Waals surface area contributed by atoms with Crippen molar-refractivity contribution < 1.29 is 18.3 Å². The van der Waals surface area contributed by atoms with Crippen molar-refractivity contribution >= 4 is 29.7 Å². The van der Waals surface area contributed by atoms with Crippen LogP contribution in [0.2, 0.25) is 5.02 Å². The fourth-order valence-electron chi connectivity index (χ4n) is 4.99. The number of halogens is 3. The normalized spacial score (nSPS) is 27.0. The van der Waals surface area contributed by atoms with Crippen molar-refractivity contribution in [2.75, 3.05) is 20.3 Å². The number of amides is 1. The van der Waals surface area contributed by atoms with Crippen LogP contribution in [0.5, 0.6) is 0 Å². The van der Waals surface area contributed by atoms with Crippen LogP contribution in [-0.4, -0.2) is 46.7 Å². The molecule has 1 aliphatic carbocycles. The second kappa shape index (κ2) is 6.62. The molecule has 29 heavy (non-hydrogen) atoms. The minimum atomic E-state index is -0.701. The van der Waals surface area contributed by atoms with Crippen LogP contribution in [-0.2, 0) is 27.9 Å². The smallest absolute Gasteiger partial charge is 0.228 e. The lowest BCUT2D eigenvalue weighted by atomic mass is 9.92. The molecule has 1 aromatic carbocycles. The third-order valence-corrected chi connectivity index (χ3v) is 7.28. The van der Waals surface area contributed by atoms with Gasteiger partial charge in [-0.25, -0.2) is 8.78 Å². The molecule has 5 rings (SSSR count). The van der Waals surface area contributed by atoms with E-state index in [0.29, 0.717) is 31.0 Å². The predicted octanol–water partition coefficient (Wildman–Crippen LogP) is 3.71. The molecule has 3 aliphatic rings. The summed E-state index contributed by atoms with van der Waals surface area (Å²) >= 11 is 11.4. The molecule has 0 spiro atoms. The zero-order chi connectivity index (χ0) is 20.5. The first-order chi connectivity index (χ1) is 13.8. The number of likely N-dealkylation sites (N-methyl/N-ethyl adjacent to an activating group) is 1. The summed E-state index contributed by atoms with van der Waals surface area (Å²) in [6, 6.07) is 2.52. The van der Waals surface area contributed by atoms with E-state index < -0.39 is 17.0 Å². The summed E-state index contributed by atoms with van der Waals surface area (Å²) in [5.41, 5.74) is 0.974. The Morgan fingerprint density at radius 3 is 3.00 bits per heavy atom. The second-order valence-corrected chi connectivity index (χ2v) is 9.00. The number of nitrogens with one attached hydrogen (secondary N) is 1. The number of rotatable bonds is 4. The van der Waals surface area contributed by atoms with E-state index in [1.54, 1.807) is 11.9 Å². The quantitative estimate of drug-likeness (QED) is 0.583. The number of aromatic amines is 1. The highest BCUT2D eigenvalue weighted by molar-refractivity contribution is 7.71. The van der Waals surface area contributed by atoms with E-state index in [0.717, 1.165) is 17.8 Å². The van der Waals surface area contributed by atoms with Crippen LogP contribution in [0.1, 0.15) is 35.7 Å². The number of carbonyl (C=O) groups excluding carboxylic acids is 1. The van der Waals surface area contributed by atoms with Crippen LogP contribution in [0.15, 0.2) is 12.1 Å². The van der Waals surface area contributed by atoms with Crippen LogP contribution < -0.4 is 0 Å². The van der Waals surface area contributed by atoms with E-state index in [1.165, 1.54) is 12.1 Å². The van der Waals surface area contributed by atoms with Gasteiger partial charge in [0, 0.05) is 48.5 Å². The van der Waals surface area contributed by atoms with Crippen molar-refractivity contribution in [3.05, 3.63) is 50.5 Å². The summed E-state index contributed by atoms with van der Waals surface area (Å²) in [4.78, 5) is 17.7. The number of aromatic nitrogens is 2. The van der Waals surface area contributed by atoms with Crippen molar-refractivity contribution in [1.29, 1.82) is 0 Å². The fourth-order valence-corrected chi connectivity index (χ4v) is 5.43. The summed E-state index contributed by atoms with van der Waals surface area (Å²) in [5, 5.41) is -0.0843. The Hall–Kier alpha value is -1.77. The third kappa shape index (κ3) is 2.79. The van der Waals surface area contributed by atoms with Gasteiger partial charge in [-0.05, 0) is 37.2 Å². The third-order valence-electron chi connectivity index (χ3n) is 6.67. The molecule has 1 saturated carbocycles. The first-order valence-electron chi connectivity index (χ1n) is 9.62. The molecule has 2 fully saturated rings. The number of carbonyl (C=O) groups is 1. The molecular weight excluding hydrogens is 420 g/mol. The van der Waals surface area contributed by atoms with Gasteiger partial charge >= 0.3 is 0 Å². The summed E-state index contributed by atoms with van der Waals surface area (Å²) < 4.78 is 37.0. The first-order valence-corrected chi connectivity index (χ1v) is 10.4. The van der Waals surface area contributed by atoms with Gasteiger partial charge in [0.05, 0.1) is 24.1 Å². The maximum Gasteiger partial charge on any atom is 0.228 e. The maximum atomic E-state index is 14.7. The molecule has 1 aromatic heterocycles. The van der Waals surface area contributed by atoms with E-state index in [9.17, 15) is 13.6 Å². The lowest BCUT2D eigenvalue weighted by Gasteiger charge is -2.23. The van der Waals surface area contributed by atoms with Crippen LogP contribution in [0.25, 0.3) is 0 Å². The van der Waals surface area contributed by atoms with Crippen molar-refractivity contribution in [1.82, 2.24) is 14.5 Å². The van der Waals surface area contributed by atoms with Crippen LogP contribution >= 0.6 is 23.8 Å². The Morgan fingerprint density at radius 1 is 1.48 bits per heavy atom. The Kier molecular flexibility index (Phi) is 4.38. The highest BCUT2D eigenvalue weighted by Gasteiger charge is 2.64. The molecular formula is C20H20ClF2N3O2S. The lowest BCUT2D eigenvalue weighted by Crippen LogP contribution is -2.38. The first kappa shape index (κ1) is 19.2. The average Bonchev–Trinajstić information content (AvgIpc) is 3.06. The molecule has 2 aromatic rings. The van der Waals surface area contributed by atoms with Gasteiger partial charge in [-0.15, -0.1) is 0 Å². The summed E-state index contributed by atoms with van der Waals surface area (Å²) in [6.45, 7) is 1.59. The van der Waals surface area contributed by atoms with Crippen LogP contribution in [0.3, 0.4) is 0 Å². The van der Waals surface area contributed by atoms with E-state index in [2.05, 4.69) is 4.98 Å². The number of hydrogen-bond acceptors (Lipinski definition) is 3. The van der Waals surface area contributed by atoms with Crippen molar-refractivity contribution in [3.8, 4) is 0 Å². The van der Waals surface area contributed by atoms with Gasteiger partial charge in [-0.1, -0.05) is 11.6 Å². The largest absolute Gasteiger partial charge is 0.379 e. The molecule has 1 unspecified atom stereocenters. The topological polar surface area (TPSA) is 50.3 Å². The van der Waals surface area contributed by atoms with Gasteiger partial charge in [0.1, 0.15) is 11.6 Å². The standard InChI is InChI=1S/C20H20ClF2N3O2S/c1-25(10-4-5-28-8-10)15(27)6-14-18-11-7-20(11,9-26(18)19(29)24-14)16-13(22)3-2-12(21)17(16)23/h2-3,10-11H,4-9H2,1H3,(H,24,29)/t10?,11-,20-/m0/s1. The Bertz CT molecular complexity index is 1080. The fraction of sp³-hybridized carbons (Fsp3) is 0.500. The minimum Gasteiger partial charge on any atom is -0.379 e. The number of nitrogens with zero attached hydrogens (tertiary/aromatic N) is 2. The molecule has 1 amide bonds. The Balaban J connectivity index is 1.45. The van der Waals surface area contributed by atoms with E-state index in [4.69, 9.17) is 28.6 Å². The zero-order valence-electron chi connectivity index (χ0n) is 15.8. The molecule has 154 valence electrons. The lowest BCUT2D eigenvalue weighted by molar-refractivity contribution is -0.131. The molecule has 3 atom stereocenters.